The van der Waals surface area contributed by atoms with Crippen LogP contribution in [0.25, 0.3) is 0 Å². The number of ether oxygens (including phenoxy) is 1. The van der Waals surface area contributed by atoms with Gasteiger partial charge in [-0.1, -0.05) is 13.3 Å². The number of methoxy groups -OCH3 is 1. The van der Waals surface area contributed by atoms with Crippen molar-refractivity contribution in [3.05, 3.63) is 0 Å². The summed E-state index contributed by atoms with van der Waals surface area (Å²) in [7, 11) is 1.49. The fourth-order valence-corrected chi connectivity index (χ4v) is 2.64. The van der Waals surface area contributed by atoms with Crippen LogP contribution < -0.4 is 0 Å². The lowest BCUT2D eigenvalue weighted by atomic mass is 9.76. The number of carbonyl (C=O) groups is 2. The standard InChI is InChI=1S/C13H23NO4/c1-4-6-13(12(16)17)7-5-8-14(9-13)11(15)10(2)18-3/h10H,4-9H2,1-3H3,(H,16,17). The first-order valence-electron chi connectivity index (χ1n) is 6.52. The van der Waals surface area contributed by atoms with Crippen LogP contribution in [-0.2, 0) is 14.3 Å². The molecule has 0 saturated carbocycles. The molecule has 0 aromatic rings. The minimum absolute atomic E-state index is 0.112. The largest absolute Gasteiger partial charge is 0.481 e. The van der Waals surface area contributed by atoms with E-state index in [1.807, 2.05) is 6.92 Å². The molecule has 104 valence electrons. The van der Waals surface area contributed by atoms with Crippen molar-refractivity contribution < 1.29 is 19.4 Å². The maximum absolute atomic E-state index is 12.1. The van der Waals surface area contributed by atoms with Gasteiger partial charge >= 0.3 is 5.97 Å². The lowest BCUT2D eigenvalue weighted by Crippen LogP contribution is -2.52. The first-order valence-corrected chi connectivity index (χ1v) is 6.52. The molecule has 0 aliphatic carbocycles. The molecule has 1 N–H and O–H groups in total. The lowest BCUT2D eigenvalue weighted by Gasteiger charge is -2.40. The van der Waals surface area contributed by atoms with Crippen molar-refractivity contribution in [1.29, 1.82) is 0 Å². The van der Waals surface area contributed by atoms with E-state index in [2.05, 4.69) is 0 Å². The van der Waals surface area contributed by atoms with E-state index in [-0.39, 0.29) is 5.91 Å². The molecule has 5 heteroatoms. The lowest BCUT2D eigenvalue weighted by molar-refractivity contribution is -0.158. The molecule has 0 aromatic carbocycles. The summed E-state index contributed by atoms with van der Waals surface area (Å²) in [4.78, 5) is 25.2. The Morgan fingerprint density at radius 1 is 1.50 bits per heavy atom. The van der Waals surface area contributed by atoms with Gasteiger partial charge < -0.3 is 14.7 Å². The van der Waals surface area contributed by atoms with Crippen LogP contribution in [0.3, 0.4) is 0 Å². The van der Waals surface area contributed by atoms with Crippen molar-refractivity contribution in [2.75, 3.05) is 20.2 Å². The Morgan fingerprint density at radius 3 is 2.67 bits per heavy atom. The van der Waals surface area contributed by atoms with Gasteiger partial charge in [0.05, 0.1) is 5.41 Å². The number of nitrogens with zero attached hydrogens (tertiary/aromatic N) is 1. The van der Waals surface area contributed by atoms with E-state index in [1.165, 1.54) is 7.11 Å². The van der Waals surface area contributed by atoms with Crippen molar-refractivity contribution >= 4 is 11.9 Å². The minimum Gasteiger partial charge on any atom is -0.481 e. The average molecular weight is 257 g/mol. The molecular weight excluding hydrogens is 234 g/mol. The van der Waals surface area contributed by atoms with E-state index in [1.54, 1.807) is 11.8 Å². The van der Waals surface area contributed by atoms with Crippen molar-refractivity contribution in [2.24, 2.45) is 5.41 Å². The zero-order chi connectivity index (χ0) is 13.8. The van der Waals surface area contributed by atoms with Crippen LogP contribution >= 0.6 is 0 Å². The summed E-state index contributed by atoms with van der Waals surface area (Å²) in [6.45, 7) is 4.61. The van der Waals surface area contributed by atoms with E-state index >= 15 is 0 Å². The molecule has 1 heterocycles. The third-order valence-corrected chi connectivity index (χ3v) is 3.77. The van der Waals surface area contributed by atoms with E-state index < -0.39 is 17.5 Å². The second kappa shape index (κ2) is 6.18. The third kappa shape index (κ3) is 3.02. The molecule has 1 saturated heterocycles. The Hall–Kier alpha value is -1.10. The van der Waals surface area contributed by atoms with Crippen LogP contribution in [0, 0.1) is 5.41 Å². The Labute approximate surface area is 108 Å². The summed E-state index contributed by atoms with van der Waals surface area (Å²) in [5.41, 5.74) is -0.768. The molecule has 0 aromatic heterocycles. The molecule has 2 atom stereocenters. The molecule has 1 amide bonds. The second-order valence-corrected chi connectivity index (χ2v) is 5.08. The monoisotopic (exact) mass is 257 g/mol. The maximum Gasteiger partial charge on any atom is 0.311 e. The first-order chi connectivity index (χ1) is 8.46. The summed E-state index contributed by atoms with van der Waals surface area (Å²) >= 11 is 0. The summed E-state index contributed by atoms with van der Waals surface area (Å²) in [5.74, 6) is -0.897. The number of carboxylic acids is 1. The van der Waals surface area contributed by atoms with Gasteiger partial charge in [0.1, 0.15) is 6.10 Å². The van der Waals surface area contributed by atoms with Gasteiger partial charge in [-0.3, -0.25) is 9.59 Å². The molecule has 5 nitrogen and oxygen atoms in total. The van der Waals surface area contributed by atoms with E-state index in [4.69, 9.17) is 4.74 Å². The van der Waals surface area contributed by atoms with Gasteiger partial charge in [0.15, 0.2) is 0 Å². The first kappa shape index (κ1) is 15.0. The third-order valence-electron chi connectivity index (χ3n) is 3.77. The van der Waals surface area contributed by atoms with Crippen LogP contribution in [-0.4, -0.2) is 48.2 Å². The molecule has 0 radical (unpaired) electrons. The predicted octanol–water partition coefficient (Wildman–Crippen LogP) is 1.51. The number of hydrogen-bond donors (Lipinski definition) is 1. The molecule has 1 aliphatic rings. The van der Waals surface area contributed by atoms with Crippen molar-refractivity contribution in [3.8, 4) is 0 Å². The van der Waals surface area contributed by atoms with Gasteiger partial charge in [0.2, 0.25) is 0 Å². The fourth-order valence-electron chi connectivity index (χ4n) is 2.64. The number of piperidine rings is 1. The van der Waals surface area contributed by atoms with Crippen molar-refractivity contribution in [1.82, 2.24) is 4.90 Å². The Morgan fingerprint density at radius 2 is 2.17 bits per heavy atom. The molecule has 1 rings (SSSR count). The molecule has 18 heavy (non-hydrogen) atoms. The van der Waals surface area contributed by atoms with E-state index in [0.717, 1.165) is 12.8 Å². The number of carbonyl (C=O) groups excluding carboxylic acids is 1. The highest BCUT2D eigenvalue weighted by Crippen LogP contribution is 2.35. The number of likely N-dealkylation sites (tertiary alicyclic amines) is 1. The van der Waals surface area contributed by atoms with Crippen LogP contribution in [0.15, 0.2) is 0 Å². The van der Waals surface area contributed by atoms with Gasteiger partial charge in [0.25, 0.3) is 5.91 Å². The Bertz CT molecular complexity index is 314. The normalized spacial score (nSPS) is 25.8. The van der Waals surface area contributed by atoms with Crippen LogP contribution in [0.1, 0.15) is 39.5 Å². The molecule has 0 spiro atoms. The average Bonchev–Trinajstić information content (AvgIpc) is 2.37. The molecule has 1 aliphatic heterocycles. The topological polar surface area (TPSA) is 66.8 Å². The van der Waals surface area contributed by atoms with Crippen LogP contribution in [0.5, 0.6) is 0 Å². The minimum atomic E-state index is -0.785. The van der Waals surface area contributed by atoms with E-state index in [0.29, 0.717) is 25.9 Å². The highest BCUT2D eigenvalue weighted by Gasteiger charge is 2.43. The quantitative estimate of drug-likeness (QED) is 0.810. The summed E-state index contributed by atoms with van der Waals surface area (Å²) < 4.78 is 5.02. The number of rotatable bonds is 5. The zero-order valence-electron chi connectivity index (χ0n) is 11.4. The number of amides is 1. The number of aliphatic carboxylic acids is 1. The molecular formula is C13H23NO4. The highest BCUT2D eigenvalue weighted by atomic mass is 16.5. The Balaban J connectivity index is 2.81. The zero-order valence-corrected chi connectivity index (χ0v) is 11.4. The fraction of sp³-hybridized carbons (Fsp3) is 0.846. The highest BCUT2D eigenvalue weighted by molar-refractivity contribution is 5.82. The summed E-state index contributed by atoms with van der Waals surface area (Å²) in [6, 6.07) is 0. The number of hydrogen-bond acceptors (Lipinski definition) is 3. The van der Waals surface area contributed by atoms with Crippen LogP contribution in [0.4, 0.5) is 0 Å². The Kier molecular flexibility index (Phi) is 5.14. The molecule has 1 fully saturated rings. The summed E-state index contributed by atoms with van der Waals surface area (Å²) in [5, 5.41) is 9.45. The van der Waals surface area contributed by atoms with Gasteiger partial charge in [-0.15, -0.1) is 0 Å². The summed E-state index contributed by atoms with van der Waals surface area (Å²) in [6.07, 6.45) is 2.33. The van der Waals surface area contributed by atoms with E-state index in [9.17, 15) is 14.7 Å². The van der Waals surface area contributed by atoms with Crippen LogP contribution in [0.2, 0.25) is 0 Å². The van der Waals surface area contributed by atoms with Crippen molar-refractivity contribution in [2.45, 2.75) is 45.6 Å². The van der Waals surface area contributed by atoms with Gasteiger partial charge in [-0.2, -0.15) is 0 Å². The predicted molar refractivity (Wildman–Crippen MR) is 67.3 cm³/mol. The SMILES string of the molecule is CCCC1(C(=O)O)CCCN(C(=O)C(C)OC)C1. The van der Waals surface area contributed by atoms with Crippen molar-refractivity contribution in [3.63, 3.8) is 0 Å². The van der Waals surface area contributed by atoms with Gasteiger partial charge in [-0.25, -0.2) is 0 Å². The van der Waals surface area contributed by atoms with Gasteiger partial charge in [0, 0.05) is 20.2 Å². The smallest absolute Gasteiger partial charge is 0.311 e. The van der Waals surface area contributed by atoms with Gasteiger partial charge in [-0.05, 0) is 26.2 Å². The maximum atomic E-state index is 12.1. The molecule has 0 bridgehead atoms. The number of carboxylic acid groups (broad SMARTS) is 1. The second-order valence-electron chi connectivity index (χ2n) is 5.08. The molecule has 2 unspecified atom stereocenters.